The maximum atomic E-state index is 13.8. The zero-order valence-corrected chi connectivity index (χ0v) is 24.7. The minimum absolute atomic E-state index is 0.154. The van der Waals surface area contributed by atoms with Crippen molar-refractivity contribution in [2.45, 2.75) is 44.8 Å². The zero-order valence-electron chi connectivity index (χ0n) is 24.7. The van der Waals surface area contributed by atoms with Gasteiger partial charge in [0.05, 0.1) is 42.3 Å². The fraction of sp³-hybridized carbons (Fsp3) is 0.344. The van der Waals surface area contributed by atoms with Gasteiger partial charge >= 0.3 is 6.18 Å². The van der Waals surface area contributed by atoms with E-state index < -0.39 is 29.0 Å². The first-order valence-electron chi connectivity index (χ1n) is 14.0. The van der Waals surface area contributed by atoms with Crippen LogP contribution in [0.5, 0.6) is 11.5 Å². The van der Waals surface area contributed by atoms with Crippen LogP contribution in [0.1, 0.15) is 44.2 Å². The summed E-state index contributed by atoms with van der Waals surface area (Å²) >= 11 is 0. The number of methoxy groups -OCH3 is 2. The van der Waals surface area contributed by atoms with Gasteiger partial charge < -0.3 is 19.7 Å². The highest BCUT2D eigenvalue weighted by atomic mass is 19.4. The van der Waals surface area contributed by atoms with Crippen LogP contribution in [0.2, 0.25) is 0 Å². The summed E-state index contributed by atoms with van der Waals surface area (Å²) in [7, 11) is 3.12. The first-order valence-corrected chi connectivity index (χ1v) is 14.0. The van der Waals surface area contributed by atoms with Gasteiger partial charge in [-0.2, -0.15) is 23.3 Å². The molecule has 0 atom stereocenters. The van der Waals surface area contributed by atoms with E-state index in [1.165, 1.54) is 0 Å². The molecule has 2 heterocycles. The summed E-state index contributed by atoms with van der Waals surface area (Å²) in [6.45, 7) is 4.89. The number of hydrogen-bond acceptors (Lipinski definition) is 6. The standard InChI is InChI=1S/C32H32F4N4O4/c1-31(2,21-9-12-27(43-3)28(15-21)44-4)37-29(41)20-7-5-19(6-8-20)17-39-14-13-26-23(18-39)30(42)40(38-26)22-10-11-25(33)24(16-22)32(34,35)36/h5,7,9-12,15-16,18H,6,8,13-14,17H2,1-4H3,(H,37,41). The number of anilines is 1. The lowest BCUT2D eigenvalue weighted by Gasteiger charge is -2.29. The summed E-state index contributed by atoms with van der Waals surface area (Å²) in [4.78, 5) is 28.2. The van der Waals surface area contributed by atoms with Gasteiger partial charge in [-0.05, 0) is 62.6 Å². The summed E-state index contributed by atoms with van der Waals surface area (Å²) in [5, 5.41) is 8.21. The lowest BCUT2D eigenvalue weighted by molar-refractivity contribution is -0.140. The summed E-state index contributed by atoms with van der Waals surface area (Å²) in [6, 6.07) is 7.89. The molecule has 3 aliphatic rings. The molecule has 12 heteroatoms. The largest absolute Gasteiger partial charge is 0.493 e. The third-order valence-corrected chi connectivity index (χ3v) is 7.87. The van der Waals surface area contributed by atoms with Crippen molar-refractivity contribution >= 4 is 23.2 Å². The van der Waals surface area contributed by atoms with E-state index >= 15 is 0 Å². The minimum Gasteiger partial charge on any atom is -0.493 e. The van der Waals surface area contributed by atoms with Crippen molar-refractivity contribution < 1.29 is 36.6 Å². The van der Waals surface area contributed by atoms with Crippen molar-refractivity contribution in [1.82, 2.24) is 10.2 Å². The number of carbonyl (C=O) groups is 2. The van der Waals surface area contributed by atoms with Crippen LogP contribution in [0, 0.1) is 5.82 Å². The second-order valence-corrected chi connectivity index (χ2v) is 11.3. The van der Waals surface area contributed by atoms with Gasteiger partial charge in [0.15, 0.2) is 11.5 Å². The third-order valence-electron chi connectivity index (χ3n) is 7.87. The van der Waals surface area contributed by atoms with E-state index in [1.54, 1.807) is 32.6 Å². The van der Waals surface area contributed by atoms with Crippen molar-refractivity contribution in [2.24, 2.45) is 5.10 Å². The predicted octanol–water partition coefficient (Wildman–Crippen LogP) is 5.85. The summed E-state index contributed by atoms with van der Waals surface area (Å²) in [5.41, 5.74) is 1.04. The SMILES string of the molecule is COc1ccc(C(C)(C)NC(=O)C2=CC=C(CN3C=C4C(=O)N(c5ccc(F)c(C(F)(F)F)c5)N=C4CC3)CC2)cc1OC. The van der Waals surface area contributed by atoms with Gasteiger partial charge in [-0.25, -0.2) is 4.39 Å². The Morgan fingerprint density at radius 1 is 1.00 bits per heavy atom. The van der Waals surface area contributed by atoms with Crippen molar-refractivity contribution in [3.63, 3.8) is 0 Å². The predicted molar refractivity (Wildman–Crippen MR) is 157 cm³/mol. The van der Waals surface area contributed by atoms with E-state index in [9.17, 15) is 27.2 Å². The Kier molecular flexibility index (Phi) is 8.28. The van der Waals surface area contributed by atoms with Gasteiger partial charge in [-0.3, -0.25) is 9.59 Å². The topological polar surface area (TPSA) is 83.5 Å². The molecule has 2 aromatic rings. The van der Waals surface area contributed by atoms with Gasteiger partial charge in [0, 0.05) is 31.3 Å². The van der Waals surface area contributed by atoms with Crippen molar-refractivity contribution in [3.05, 3.63) is 88.4 Å². The molecule has 5 rings (SSSR count). The molecule has 0 saturated carbocycles. The molecule has 0 bridgehead atoms. The maximum Gasteiger partial charge on any atom is 0.419 e. The third kappa shape index (κ3) is 6.20. The highest BCUT2D eigenvalue weighted by Gasteiger charge is 2.38. The molecule has 0 radical (unpaired) electrons. The number of nitrogens with one attached hydrogen (secondary N) is 1. The summed E-state index contributed by atoms with van der Waals surface area (Å²) in [5.74, 6) is -0.993. The van der Waals surface area contributed by atoms with Crippen LogP contribution in [0.15, 0.2) is 76.6 Å². The summed E-state index contributed by atoms with van der Waals surface area (Å²) < 4.78 is 64.1. The molecule has 2 aliphatic heterocycles. The number of carbonyl (C=O) groups excluding carboxylic acids is 2. The molecule has 2 amide bonds. The van der Waals surface area contributed by atoms with Crippen LogP contribution in [0.25, 0.3) is 0 Å². The molecule has 1 N–H and O–H groups in total. The molecule has 0 fully saturated rings. The number of alkyl halides is 3. The molecule has 232 valence electrons. The molecule has 0 spiro atoms. The Labute approximate surface area is 252 Å². The molecule has 8 nitrogen and oxygen atoms in total. The first kappa shape index (κ1) is 30.8. The molecular weight excluding hydrogens is 580 g/mol. The van der Waals surface area contributed by atoms with Crippen LogP contribution in [-0.4, -0.2) is 49.7 Å². The number of fused-ring (bicyclic) bond motifs is 1. The van der Waals surface area contributed by atoms with Gasteiger partial charge in [-0.15, -0.1) is 0 Å². The number of hydrogen-bond donors (Lipinski definition) is 1. The second kappa shape index (κ2) is 11.8. The average molecular weight is 613 g/mol. The number of allylic oxidation sites excluding steroid dienone is 2. The zero-order chi connectivity index (χ0) is 31.8. The Hall–Kier alpha value is -4.61. The lowest BCUT2D eigenvalue weighted by atomic mass is 9.92. The molecule has 0 saturated heterocycles. The Morgan fingerprint density at radius 3 is 2.41 bits per heavy atom. The Morgan fingerprint density at radius 2 is 1.75 bits per heavy atom. The van der Waals surface area contributed by atoms with Crippen molar-refractivity contribution in [1.29, 1.82) is 0 Å². The first-order chi connectivity index (χ1) is 20.8. The van der Waals surface area contributed by atoms with Crippen LogP contribution in [0.4, 0.5) is 23.2 Å². The lowest BCUT2D eigenvalue weighted by Crippen LogP contribution is -2.42. The number of ether oxygens (including phenoxy) is 2. The maximum absolute atomic E-state index is 13.8. The fourth-order valence-corrected chi connectivity index (χ4v) is 5.35. The number of nitrogens with zero attached hydrogens (tertiary/aromatic N) is 3. The highest BCUT2D eigenvalue weighted by Crippen LogP contribution is 2.36. The van der Waals surface area contributed by atoms with Gasteiger partial charge in [0.2, 0.25) is 5.91 Å². The van der Waals surface area contributed by atoms with Crippen LogP contribution >= 0.6 is 0 Å². The number of hydrazone groups is 1. The Balaban J connectivity index is 1.24. The smallest absolute Gasteiger partial charge is 0.419 e. The fourth-order valence-electron chi connectivity index (χ4n) is 5.35. The monoisotopic (exact) mass is 612 g/mol. The van der Waals surface area contributed by atoms with Gasteiger partial charge in [0.25, 0.3) is 5.91 Å². The van der Waals surface area contributed by atoms with E-state index in [4.69, 9.17) is 9.47 Å². The second-order valence-electron chi connectivity index (χ2n) is 11.3. The van der Waals surface area contributed by atoms with E-state index in [0.29, 0.717) is 72.8 Å². The molecule has 2 aromatic carbocycles. The van der Waals surface area contributed by atoms with Crippen LogP contribution in [0.3, 0.4) is 0 Å². The molecule has 0 aromatic heterocycles. The molecule has 0 unspecified atom stereocenters. The average Bonchev–Trinajstić information content (AvgIpc) is 3.32. The van der Waals surface area contributed by atoms with E-state index in [2.05, 4.69) is 10.4 Å². The van der Waals surface area contributed by atoms with Gasteiger partial charge in [-0.1, -0.05) is 23.8 Å². The van der Waals surface area contributed by atoms with E-state index in [-0.39, 0.29) is 11.6 Å². The Bertz CT molecular complexity index is 1620. The van der Waals surface area contributed by atoms with Crippen LogP contribution < -0.4 is 19.8 Å². The summed E-state index contributed by atoms with van der Waals surface area (Å²) in [6.07, 6.45) is 2.08. The number of amides is 2. The van der Waals surface area contributed by atoms with E-state index in [1.807, 2.05) is 37.0 Å². The van der Waals surface area contributed by atoms with Gasteiger partial charge in [0.1, 0.15) is 5.82 Å². The minimum atomic E-state index is -4.90. The number of halogens is 4. The molecule has 1 aliphatic carbocycles. The van der Waals surface area contributed by atoms with Crippen molar-refractivity contribution in [3.8, 4) is 11.5 Å². The number of benzene rings is 2. The van der Waals surface area contributed by atoms with Crippen LogP contribution in [-0.2, 0) is 21.3 Å². The van der Waals surface area contributed by atoms with E-state index in [0.717, 1.165) is 22.2 Å². The highest BCUT2D eigenvalue weighted by molar-refractivity contribution is 6.30. The normalized spacial score (nSPS) is 17.0. The molecular formula is C32H32F4N4O4. The van der Waals surface area contributed by atoms with Crippen molar-refractivity contribution in [2.75, 3.05) is 32.3 Å². The quantitative estimate of drug-likeness (QED) is 0.378. The molecule has 44 heavy (non-hydrogen) atoms. The number of rotatable bonds is 8.